The number of fused-ring (bicyclic) bond motifs is 3. The van der Waals surface area contributed by atoms with E-state index in [0.29, 0.717) is 5.88 Å². The minimum absolute atomic E-state index is 0. The highest BCUT2D eigenvalue weighted by Crippen LogP contribution is 2.26. The zero-order valence-electron chi connectivity index (χ0n) is 17.2. The highest BCUT2D eigenvalue weighted by molar-refractivity contribution is 5.86. The first kappa shape index (κ1) is 25.0. The van der Waals surface area contributed by atoms with Crippen LogP contribution in [0.4, 0.5) is 5.82 Å². The van der Waals surface area contributed by atoms with Gasteiger partial charge in [-0.15, -0.1) is 37.2 Å². The SMILES string of the molecule is COc1ccc2nc(N3CCN(Cc4ccccc4)CC3)c3cccn3c2n1.Cl.Cl.Cl. The van der Waals surface area contributed by atoms with Crippen LogP contribution in [0.5, 0.6) is 5.88 Å². The summed E-state index contributed by atoms with van der Waals surface area (Å²) in [6.45, 7) is 5.00. The van der Waals surface area contributed by atoms with Gasteiger partial charge < -0.3 is 9.64 Å². The third-order valence-electron chi connectivity index (χ3n) is 5.39. The van der Waals surface area contributed by atoms with E-state index in [1.165, 1.54) is 5.56 Å². The Morgan fingerprint density at radius 2 is 1.58 bits per heavy atom. The van der Waals surface area contributed by atoms with Crippen LogP contribution in [-0.4, -0.2) is 52.6 Å². The second-order valence-corrected chi connectivity index (χ2v) is 7.14. The van der Waals surface area contributed by atoms with Crippen LogP contribution in [0.2, 0.25) is 0 Å². The summed E-state index contributed by atoms with van der Waals surface area (Å²) in [6.07, 6.45) is 2.04. The van der Waals surface area contributed by atoms with Gasteiger partial charge in [-0.3, -0.25) is 9.30 Å². The van der Waals surface area contributed by atoms with Crippen LogP contribution in [0, 0.1) is 0 Å². The number of nitrogens with zero attached hydrogens (tertiary/aromatic N) is 5. The largest absolute Gasteiger partial charge is 0.481 e. The molecule has 0 unspecified atom stereocenters. The summed E-state index contributed by atoms with van der Waals surface area (Å²) in [7, 11) is 1.64. The highest BCUT2D eigenvalue weighted by atomic mass is 35.5. The molecule has 0 bridgehead atoms. The molecule has 166 valence electrons. The van der Waals surface area contributed by atoms with Crippen LogP contribution in [0.3, 0.4) is 0 Å². The predicted molar refractivity (Wildman–Crippen MR) is 133 cm³/mol. The molecule has 9 heteroatoms. The molecule has 0 radical (unpaired) electrons. The van der Waals surface area contributed by atoms with E-state index in [1.807, 2.05) is 24.4 Å². The van der Waals surface area contributed by atoms with Crippen LogP contribution in [0.25, 0.3) is 16.7 Å². The minimum Gasteiger partial charge on any atom is -0.481 e. The van der Waals surface area contributed by atoms with Crippen molar-refractivity contribution in [2.24, 2.45) is 0 Å². The van der Waals surface area contributed by atoms with Crippen molar-refractivity contribution >= 4 is 59.7 Å². The van der Waals surface area contributed by atoms with Crippen molar-refractivity contribution in [3.63, 3.8) is 0 Å². The summed E-state index contributed by atoms with van der Waals surface area (Å²) in [5, 5.41) is 0. The van der Waals surface area contributed by atoms with Gasteiger partial charge in [0.15, 0.2) is 11.5 Å². The van der Waals surface area contributed by atoms with Gasteiger partial charge in [-0.1, -0.05) is 30.3 Å². The van der Waals surface area contributed by atoms with Crippen molar-refractivity contribution in [1.82, 2.24) is 19.3 Å². The van der Waals surface area contributed by atoms with E-state index >= 15 is 0 Å². The van der Waals surface area contributed by atoms with E-state index in [-0.39, 0.29) is 37.2 Å². The maximum atomic E-state index is 5.29. The lowest BCUT2D eigenvalue weighted by atomic mass is 10.2. The van der Waals surface area contributed by atoms with E-state index < -0.39 is 0 Å². The fraction of sp³-hybridized carbons (Fsp3) is 0.273. The number of ether oxygens (including phenoxy) is 1. The number of hydrogen-bond acceptors (Lipinski definition) is 5. The number of benzene rings is 1. The molecule has 3 aromatic heterocycles. The number of aromatic nitrogens is 3. The van der Waals surface area contributed by atoms with Gasteiger partial charge in [0.25, 0.3) is 0 Å². The van der Waals surface area contributed by atoms with Gasteiger partial charge in [-0.2, -0.15) is 4.98 Å². The zero-order valence-corrected chi connectivity index (χ0v) is 19.6. The van der Waals surface area contributed by atoms with Gasteiger partial charge >= 0.3 is 0 Å². The average Bonchev–Trinajstić information content (AvgIpc) is 3.24. The summed E-state index contributed by atoms with van der Waals surface area (Å²) in [6, 6.07) is 18.7. The Hall–Kier alpha value is -2.25. The molecule has 0 spiro atoms. The second-order valence-electron chi connectivity index (χ2n) is 7.14. The van der Waals surface area contributed by atoms with Crippen molar-refractivity contribution in [2.75, 3.05) is 38.2 Å². The second kappa shape index (κ2) is 10.9. The summed E-state index contributed by atoms with van der Waals surface area (Å²) in [5.41, 5.74) is 4.16. The molecule has 31 heavy (non-hydrogen) atoms. The van der Waals surface area contributed by atoms with Crippen LogP contribution in [0.15, 0.2) is 60.8 Å². The van der Waals surface area contributed by atoms with E-state index in [9.17, 15) is 0 Å². The van der Waals surface area contributed by atoms with Crippen molar-refractivity contribution in [1.29, 1.82) is 0 Å². The molecule has 0 atom stereocenters. The summed E-state index contributed by atoms with van der Waals surface area (Å²) < 4.78 is 7.39. The monoisotopic (exact) mass is 481 g/mol. The zero-order chi connectivity index (χ0) is 18.9. The number of methoxy groups -OCH3 is 1. The third-order valence-corrected chi connectivity index (χ3v) is 5.39. The molecule has 0 amide bonds. The molecule has 1 aromatic carbocycles. The van der Waals surface area contributed by atoms with Gasteiger partial charge in [0.1, 0.15) is 5.52 Å². The van der Waals surface area contributed by atoms with Gasteiger partial charge in [0.2, 0.25) is 5.88 Å². The Balaban J connectivity index is 0.00000114. The maximum absolute atomic E-state index is 5.29. The average molecular weight is 483 g/mol. The molecule has 1 aliphatic rings. The highest BCUT2D eigenvalue weighted by Gasteiger charge is 2.21. The van der Waals surface area contributed by atoms with Gasteiger partial charge in [0.05, 0.1) is 12.6 Å². The fourth-order valence-electron chi connectivity index (χ4n) is 3.91. The Kier molecular flexibility index (Phi) is 8.77. The van der Waals surface area contributed by atoms with Gasteiger partial charge in [-0.05, 0) is 23.8 Å². The molecule has 0 N–H and O–H groups in total. The molecule has 6 nitrogen and oxygen atoms in total. The van der Waals surface area contributed by atoms with Crippen LogP contribution < -0.4 is 9.64 Å². The summed E-state index contributed by atoms with van der Waals surface area (Å²) >= 11 is 0. The van der Waals surface area contributed by atoms with Crippen molar-refractivity contribution < 1.29 is 4.74 Å². The van der Waals surface area contributed by atoms with E-state index in [1.54, 1.807) is 7.11 Å². The topological polar surface area (TPSA) is 45.9 Å². The molecule has 4 aromatic rings. The van der Waals surface area contributed by atoms with Crippen molar-refractivity contribution in [3.8, 4) is 5.88 Å². The standard InChI is InChI=1S/C22H23N5O.3ClH/c1-28-20-10-9-18-21(24-20)27-11-5-8-19(27)22(23-18)26-14-12-25(13-15-26)16-17-6-3-2-4-7-17;;;/h2-11H,12-16H2,1H3;3*1H. The van der Waals surface area contributed by atoms with Crippen LogP contribution >= 0.6 is 37.2 Å². The first-order chi connectivity index (χ1) is 13.8. The van der Waals surface area contributed by atoms with Crippen molar-refractivity contribution in [2.45, 2.75) is 6.54 Å². The first-order valence-corrected chi connectivity index (χ1v) is 9.65. The van der Waals surface area contributed by atoms with Gasteiger partial charge in [-0.25, -0.2) is 4.98 Å². The normalized spacial score (nSPS) is 13.9. The smallest absolute Gasteiger partial charge is 0.215 e. The Morgan fingerprint density at radius 3 is 2.29 bits per heavy atom. The molecule has 1 fully saturated rings. The molecular formula is C22H26Cl3N5O. The molecule has 5 rings (SSSR count). The lowest BCUT2D eigenvalue weighted by Crippen LogP contribution is -2.46. The number of pyridine rings is 1. The number of rotatable bonds is 4. The van der Waals surface area contributed by atoms with E-state index in [2.05, 4.69) is 55.6 Å². The molecule has 1 saturated heterocycles. The Bertz CT molecular complexity index is 1110. The quantitative estimate of drug-likeness (QED) is 0.429. The Labute approximate surface area is 200 Å². The molecule has 0 saturated carbocycles. The summed E-state index contributed by atoms with van der Waals surface area (Å²) in [4.78, 5) is 14.4. The fourth-order valence-corrected chi connectivity index (χ4v) is 3.91. The molecule has 1 aliphatic heterocycles. The van der Waals surface area contributed by atoms with Crippen LogP contribution in [-0.2, 0) is 6.54 Å². The predicted octanol–water partition coefficient (Wildman–Crippen LogP) is 4.48. The number of halogens is 3. The number of piperazine rings is 1. The van der Waals surface area contributed by atoms with Gasteiger partial charge in [0, 0.05) is 45.0 Å². The molecule has 0 aliphatic carbocycles. The lowest BCUT2D eigenvalue weighted by molar-refractivity contribution is 0.249. The van der Waals surface area contributed by atoms with E-state index in [4.69, 9.17) is 9.72 Å². The first-order valence-electron chi connectivity index (χ1n) is 9.65. The molecular weight excluding hydrogens is 457 g/mol. The number of anilines is 1. The van der Waals surface area contributed by atoms with E-state index in [0.717, 1.165) is 55.2 Å². The maximum Gasteiger partial charge on any atom is 0.215 e. The molecule has 4 heterocycles. The minimum atomic E-state index is 0. The van der Waals surface area contributed by atoms with Crippen molar-refractivity contribution in [3.05, 3.63) is 66.4 Å². The Morgan fingerprint density at radius 1 is 0.839 bits per heavy atom. The lowest BCUT2D eigenvalue weighted by Gasteiger charge is -2.35. The summed E-state index contributed by atoms with van der Waals surface area (Å²) in [5.74, 6) is 1.63. The van der Waals surface area contributed by atoms with Crippen LogP contribution in [0.1, 0.15) is 5.56 Å². The number of hydrogen-bond donors (Lipinski definition) is 0. The third kappa shape index (κ3) is 4.99.